The van der Waals surface area contributed by atoms with Gasteiger partial charge in [-0.15, -0.1) is 0 Å². The van der Waals surface area contributed by atoms with Crippen molar-refractivity contribution in [1.82, 2.24) is 5.32 Å². The van der Waals surface area contributed by atoms with Gasteiger partial charge in [-0.25, -0.2) is 9.18 Å². The summed E-state index contributed by atoms with van der Waals surface area (Å²) in [5.74, 6) is 5.00. The van der Waals surface area contributed by atoms with Gasteiger partial charge in [0.2, 0.25) is 0 Å². The number of carbonyl (C=O) groups is 2. The van der Waals surface area contributed by atoms with Crippen LogP contribution < -0.4 is 5.32 Å². The molecule has 0 unspecified atom stereocenters. The van der Waals surface area contributed by atoms with Crippen LogP contribution in [0, 0.1) is 17.7 Å². The first kappa shape index (κ1) is 20.4. The fraction of sp³-hybridized carbons (Fsp3) is 0.154. The van der Waals surface area contributed by atoms with Crippen molar-refractivity contribution in [2.75, 3.05) is 13.2 Å². The van der Waals surface area contributed by atoms with E-state index in [0.717, 1.165) is 11.1 Å². The van der Waals surface area contributed by atoms with E-state index in [1.165, 1.54) is 29.3 Å². The van der Waals surface area contributed by atoms with Crippen molar-refractivity contribution in [1.29, 1.82) is 0 Å². The van der Waals surface area contributed by atoms with E-state index in [1.54, 1.807) is 0 Å². The topological polar surface area (TPSA) is 55.4 Å². The molecule has 0 aromatic heterocycles. The second-order valence-corrected chi connectivity index (χ2v) is 7.16. The number of alkyl carbamates (subject to hydrolysis) is 1. The molecule has 0 saturated carbocycles. The highest BCUT2D eigenvalue weighted by Crippen LogP contribution is 2.44. The van der Waals surface area contributed by atoms with Gasteiger partial charge in [0.25, 0.3) is 0 Å². The summed E-state index contributed by atoms with van der Waals surface area (Å²) in [6.07, 6.45) is 0.455. The van der Waals surface area contributed by atoms with E-state index in [-0.39, 0.29) is 24.6 Å². The van der Waals surface area contributed by atoms with E-state index >= 15 is 0 Å². The number of hydrogen-bond donors (Lipinski definition) is 1. The van der Waals surface area contributed by atoms with E-state index in [9.17, 15) is 14.0 Å². The molecule has 0 heterocycles. The van der Waals surface area contributed by atoms with Gasteiger partial charge in [-0.1, -0.05) is 60.4 Å². The predicted molar refractivity (Wildman–Crippen MR) is 116 cm³/mol. The van der Waals surface area contributed by atoms with E-state index in [2.05, 4.69) is 41.4 Å². The Balaban J connectivity index is 1.30. The fourth-order valence-electron chi connectivity index (χ4n) is 3.75. The van der Waals surface area contributed by atoms with Gasteiger partial charge in [-0.05, 0) is 40.5 Å². The molecule has 4 rings (SSSR count). The molecular weight excluding hydrogens is 393 g/mol. The van der Waals surface area contributed by atoms with Gasteiger partial charge in [0.1, 0.15) is 18.7 Å². The summed E-state index contributed by atoms with van der Waals surface area (Å²) in [6.45, 7) is 0.522. The van der Waals surface area contributed by atoms with Crippen LogP contribution in [0.1, 0.15) is 39.4 Å². The summed E-state index contributed by atoms with van der Waals surface area (Å²) in [4.78, 5) is 22.9. The average Bonchev–Trinajstić information content (AvgIpc) is 3.12. The highest BCUT2D eigenvalue weighted by Gasteiger charge is 2.28. The molecule has 0 atom stereocenters. The zero-order chi connectivity index (χ0) is 21.6. The van der Waals surface area contributed by atoms with Crippen LogP contribution >= 0.6 is 0 Å². The van der Waals surface area contributed by atoms with Gasteiger partial charge >= 0.3 is 6.09 Å². The number of hydrogen-bond acceptors (Lipinski definition) is 3. The SMILES string of the molecule is O=Cc1ccc(F)c(C#CCCNC(=O)OCC2c3ccccc3-c3ccccc32)c1. The van der Waals surface area contributed by atoms with Gasteiger partial charge in [-0.3, -0.25) is 4.79 Å². The van der Waals surface area contributed by atoms with Crippen molar-refractivity contribution in [3.8, 4) is 23.0 Å². The molecule has 0 saturated heterocycles. The van der Waals surface area contributed by atoms with Crippen LogP contribution in [0.2, 0.25) is 0 Å². The number of carbonyl (C=O) groups excluding carboxylic acids is 2. The number of nitrogens with one attached hydrogen (secondary N) is 1. The number of aldehydes is 1. The zero-order valence-electron chi connectivity index (χ0n) is 16.7. The summed E-state index contributed by atoms with van der Waals surface area (Å²) in [5.41, 5.74) is 5.18. The summed E-state index contributed by atoms with van der Waals surface area (Å²) < 4.78 is 19.2. The Bertz CT molecular complexity index is 1150. The molecule has 0 spiro atoms. The molecule has 1 amide bonds. The Morgan fingerprint density at radius 2 is 1.71 bits per heavy atom. The summed E-state index contributed by atoms with van der Waals surface area (Å²) in [5, 5.41) is 2.66. The van der Waals surface area contributed by atoms with Crippen molar-refractivity contribution >= 4 is 12.4 Å². The number of amides is 1. The van der Waals surface area contributed by atoms with Crippen molar-refractivity contribution in [2.24, 2.45) is 0 Å². The standard InChI is InChI=1S/C26H20FNO3/c27-25-13-12-18(16-29)15-19(25)7-5-6-14-28-26(30)31-17-24-22-10-3-1-8-20(22)21-9-2-4-11-23(21)24/h1-4,8-13,15-16,24H,6,14,17H2,(H,28,30). The molecule has 0 fully saturated rings. The largest absolute Gasteiger partial charge is 0.449 e. The maximum atomic E-state index is 13.7. The maximum absolute atomic E-state index is 13.7. The van der Waals surface area contributed by atoms with Gasteiger partial charge in [-0.2, -0.15) is 0 Å². The summed E-state index contributed by atoms with van der Waals surface area (Å²) in [7, 11) is 0. The molecule has 3 aromatic rings. The number of rotatable bonds is 5. The minimum absolute atomic E-state index is 0.00557. The van der Waals surface area contributed by atoms with Crippen LogP contribution in [0.5, 0.6) is 0 Å². The maximum Gasteiger partial charge on any atom is 0.407 e. The van der Waals surface area contributed by atoms with Crippen LogP contribution in [0.4, 0.5) is 9.18 Å². The number of fused-ring (bicyclic) bond motifs is 3. The normalized spacial score (nSPS) is 11.6. The van der Waals surface area contributed by atoms with Gasteiger partial charge in [0.15, 0.2) is 0 Å². The third kappa shape index (κ3) is 4.49. The van der Waals surface area contributed by atoms with Crippen molar-refractivity contribution in [3.63, 3.8) is 0 Å². The monoisotopic (exact) mass is 413 g/mol. The third-order valence-electron chi connectivity index (χ3n) is 5.21. The Kier molecular flexibility index (Phi) is 6.09. The van der Waals surface area contributed by atoms with E-state index in [1.807, 2.05) is 24.3 Å². The Morgan fingerprint density at radius 1 is 1.03 bits per heavy atom. The van der Waals surface area contributed by atoms with Crippen LogP contribution in [0.25, 0.3) is 11.1 Å². The van der Waals surface area contributed by atoms with E-state index in [4.69, 9.17) is 4.74 Å². The van der Waals surface area contributed by atoms with Gasteiger partial charge in [0.05, 0.1) is 5.56 Å². The number of ether oxygens (including phenoxy) is 1. The van der Waals surface area contributed by atoms with Crippen molar-refractivity contribution in [2.45, 2.75) is 12.3 Å². The molecule has 31 heavy (non-hydrogen) atoms. The predicted octanol–water partition coefficient (Wildman–Crippen LogP) is 4.92. The summed E-state index contributed by atoms with van der Waals surface area (Å²) >= 11 is 0. The Morgan fingerprint density at radius 3 is 2.39 bits per heavy atom. The molecular formula is C26H20FNO3. The molecule has 0 aliphatic heterocycles. The lowest BCUT2D eigenvalue weighted by atomic mass is 9.98. The Labute approximate surface area is 180 Å². The molecule has 154 valence electrons. The first-order chi connectivity index (χ1) is 15.2. The summed E-state index contributed by atoms with van der Waals surface area (Å²) in [6, 6.07) is 20.3. The van der Waals surface area contributed by atoms with Crippen molar-refractivity contribution < 1.29 is 18.7 Å². The highest BCUT2D eigenvalue weighted by molar-refractivity contribution is 5.79. The van der Waals surface area contributed by atoms with Gasteiger partial charge in [0, 0.05) is 24.4 Å². The molecule has 3 aromatic carbocycles. The second kappa shape index (κ2) is 9.27. The number of benzene rings is 3. The third-order valence-corrected chi connectivity index (χ3v) is 5.21. The van der Waals surface area contributed by atoms with E-state index in [0.29, 0.717) is 18.3 Å². The van der Waals surface area contributed by atoms with Crippen LogP contribution in [-0.4, -0.2) is 25.5 Å². The molecule has 5 heteroatoms. The lowest BCUT2D eigenvalue weighted by molar-refractivity contribution is 0.112. The second-order valence-electron chi connectivity index (χ2n) is 7.16. The van der Waals surface area contributed by atoms with Gasteiger partial charge < -0.3 is 10.1 Å². The minimum Gasteiger partial charge on any atom is -0.449 e. The van der Waals surface area contributed by atoms with E-state index < -0.39 is 11.9 Å². The molecule has 0 bridgehead atoms. The molecule has 1 aliphatic carbocycles. The molecule has 1 N–H and O–H groups in total. The molecule has 1 aliphatic rings. The quantitative estimate of drug-likeness (QED) is 0.367. The number of halogens is 1. The van der Waals surface area contributed by atoms with Crippen LogP contribution in [-0.2, 0) is 4.74 Å². The first-order valence-electron chi connectivity index (χ1n) is 10.00. The van der Waals surface area contributed by atoms with Crippen LogP contribution in [0.3, 0.4) is 0 Å². The lowest BCUT2D eigenvalue weighted by Gasteiger charge is -2.14. The van der Waals surface area contributed by atoms with Crippen LogP contribution in [0.15, 0.2) is 66.7 Å². The smallest absolute Gasteiger partial charge is 0.407 e. The lowest BCUT2D eigenvalue weighted by Crippen LogP contribution is -2.26. The van der Waals surface area contributed by atoms with Crippen molar-refractivity contribution in [3.05, 3.63) is 94.8 Å². The first-order valence-corrected chi connectivity index (χ1v) is 10.00. The fourth-order valence-corrected chi connectivity index (χ4v) is 3.75. The Hall–Kier alpha value is -3.91. The minimum atomic E-state index is -0.516. The molecule has 4 nitrogen and oxygen atoms in total. The average molecular weight is 413 g/mol. The zero-order valence-corrected chi connectivity index (χ0v) is 16.7. The highest BCUT2D eigenvalue weighted by atomic mass is 19.1. The molecule has 0 radical (unpaired) electrons.